The summed E-state index contributed by atoms with van der Waals surface area (Å²) in [6, 6.07) is 29.0. The molecule has 6 aromatic rings. The zero-order chi connectivity index (χ0) is 50.8. The van der Waals surface area contributed by atoms with Crippen molar-refractivity contribution in [3.8, 4) is 56.8 Å². The molecule has 0 atom stereocenters. The van der Waals surface area contributed by atoms with Crippen molar-refractivity contribution in [3.63, 3.8) is 0 Å². The van der Waals surface area contributed by atoms with Crippen molar-refractivity contribution in [2.24, 2.45) is 9.98 Å². The summed E-state index contributed by atoms with van der Waals surface area (Å²) in [4.78, 5) is 22.0. The van der Waals surface area contributed by atoms with Gasteiger partial charge in [-0.15, -0.1) is 0 Å². The minimum Gasteiger partial charge on any atom is -0.507 e. The van der Waals surface area contributed by atoms with Gasteiger partial charge in [-0.1, -0.05) is 127 Å². The fraction of sp³-hybridized carbons (Fsp3) is 0.350. The first kappa shape index (κ1) is 50.0. The smallest absolute Gasteiger partial charge is 0.335 e. The number of phenolic OH excluding ortho intramolecular Hbond substituents is 2. The Morgan fingerprint density at radius 3 is 1.38 bits per heavy atom. The SMILES string of the molecule is COc1cc(C=Nc2ccc(-c3cc(C(C)(C)C)cc4c3Oc3c(-c5ccc(C(=O)O)cc5)cc(C(C)(C)C)cc3C4(C)C)cc2N=Cc2cc(OC)cc(C(C)(C)C)c2O)c(O)c(C(C)(C)C)c1. The van der Waals surface area contributed by atoms with Gasteiger partial charge in [-0.05, 0) is 105 Å². The quantitative estimate of drug-likeness (QED) is 0.123. The zero-order valence-electron chi connectivity index (χ0n) is 43.2. The van der Waals surface area contributed by atoms with Gasteiger partial charge in [0.1, 0.15) is 34.5 Å². The molecule has 1 aliphatic heterocycles. The highest BCUT2D eigenvalue weighted by atomic mass is 16.5. The van der Waals surface area contributed by atoms with E-state index < -0.39 is 11.4 Å². The number of hydrogen-bond donors (Lipinski definition) is 3. The lowest BCUT2D eigenvalue weighted by molar-refractivity contribution is 0.0696. The van der Waals surface area contributed by atoms with Gasteiger partial charge in [0.05, 0.1) is 31.2 Å². The maximum absolute atomic E-state index is 11.9. The zero-order valence-corrected chi connectivity index (χ0v) is 43.2. The van der Waals surface area contributed by atoms with Crippen molar-refractivity contribution in [3.05, 3.63) is 141 Å². The van der Waals surface area contributed by atoms with Crippen molar-refractivity contribution in [2.75, 3.05) is 14.2 Å². The molecule has 6 aromatic carbocycles. The minimum absolute atomic E-state index is 0.105. The van der Waals surface area contributed by atoms with E-state index in [2.05, 4.69) is 79.7 Å². The number of ether oxygens (including phenoxy) is 3. The van der Waals surface area contributed by atoms with Crippen LogP contribution in [0.4, 0.5) is 11.4 Å². The molecule has 3 N–H and O–H groups in total. The van der Waals surface area contributed by atoms with Crippen LogP contribution in [0.15, 0.2) is 101 Å². The van der Waals surface area contributed by atoms with Gasteiger partial charge < -0.3 is 29.5 Å². The molecule has 0 saturated heterocycles. The highest BCUT2D eigenvalue weighted by Crippen LogP contribution is 2.56. The number of aromatic hydroxyl groups is 2. The standard InChI is InChI=1S/C60H68N2O7/c1-56(2,3)39-26-43(34-17-19-35(20-18-34)55(65)66)53-47(28-39)60(13,14)48-29-40(57(4,5)6)27-44(54(48)69-53)36-21-22-49(61-32-37-23-41(67-15)30-45(51(37)63)58(7,8)9)50(25-36)62-33-38-24-42(68-16)31-46(52(38)64)59(10,11)12/h17-33,63-64H,1-16H3,(H,65,66). The third kappa shape index (κ3) is 10.0. The molecule has 0 fully saturated rings. The van der Waals surface area contributed by atoms with Gasteiger partial charge in [0.25, 0.3) is 0 Å². The van der Waals surface area contributed by atoms with Gasteiger partial charge in [-0.3, -0.25) is 9.98 Å². The molecule has 0 aliphatic carbocycles. The summed E-state index contributed by atoms with van der Waals surface area (Å²) in [5.41, 5.74) is 9.62. The summed E-state index contributed by atoms with van der Waals surface area (Å²) in [6.45, 7) is 29.9. The van der Waals surface area contributed by atoms with Crippen LogP contribution in [0.3, 0.4) is 0 Å². The molecule has 0 spiro atoms. The first-order valence-corrected chi connectivity index (χ1v) is 23.5. The molecule has 9 nitrogen and oxygen atoms in total. The second-order valence-electron chi connectivity index (χ2n) is 22.9. The van der Waals surface area contributed by atoms with Gasteiger partial charge in [0.15, 0.2) is 0 Å². The van der Waals surface area contributed by atoms with E-state index in [1.54, 1.807) is 50.9 Å². The highest BCUT2D eigenvalue weighted by molar-refractivity contribution is 5.93. The molecule has 0 amide bonds. The molecule has 0 saturated carbocycles. The van der Waals surface area contributed by atoms with Gasteiger partial charge in [-0.2, -0.15) is 0 Å². The number of carbonyl (C=O) groups is 1. The average molecular weight is 929 g/mol. The van der Waals surface area contributed by atoms with Crippen molar-refractivity contribution in [1.82, 2.24) is 0 Å². The van der Waals surface area contributed by atoms with Crippen molar-refractivity contribution in [2.45, 2.75) is 124 Å². The number of methoxy groups -OCH3 is 2. The molecule has 1 aliphatic rings. The fourth-order valence-corrected chi connectivity index (χ4v) is 8.76. The number of aromatic carboxylic acids is 1. The second kappa shape index (κ2) is 17.9. The maximum Gasteiger partial charge on any atom is 0.335 e. The summed E-state index contributed by atoms with van der Waals surface area (Å²) in [6.07, 6.45) is 3.26. The Morgan fingerprint density at radius 2 is 0.971 bits per heavy atom. The molecule has 9 heteroatoms. The Balaban J connectivity index is 1.49. The fourth-order valence-electron chi connectivity index (χ4n) is 8.76. The normalized spacial score (nSPS) is 13.9. The largest absolute Gasteiger partial charge is 0.507 e. The van der Waals surface area contributed by atoms with E-state index in [1.165, 1.54) is 0 Å². The molecule has 0 radical (unpaired) electrons. The predicted octanol–water partition coefficient (Wildman–Crippen LogP) is 15.3. The Morgan fingerprint density at radius 1 is 0.551 bits per heavy atom. The molecule has 69 heavy (non-hydrogen) atoms. The highest BCUT2D eigenvalue weighted by Gasteiger charge is 2.40. The molecule has 0 bridgehead atoms. The summed E-state index contributed by atoms with van der Waals surface area (Å²) in [5.74, 6) is 1.83. The number of nitrogens with zero attached hydrogens (tertiary/aromatic N) is 2. The number of aliphatic imine (C=N–C) groups is 2. The van der Waals surface area contributed by atoms with Crippen LogP contribution in [-0.4, -0.2) is 47.9 Å². The van der Waals surface area contributed by atoms with Crippen LogP contribution < -0.4 is 14.2 Å². The van der Waals surface area contributed by atoms with Gasteiger partial charge in [0.2, 0.25) is 0 Å². The van der Waals surface area contributed by atoms with E-state index in [-0.39, 0.29) is 38.7 Å². The molecule has 1 heterocycles. The lowest BCUT2D eigenvalue weighted by Gasteiger charge is -2.39. The number of fused-ring (bicyclic) bond motifs is 2. The van der Waals surface area contributed by atoms with Crippen LogP contribution in [-0.2, 0) is 27.1 Å². The number of rotatable bonds is 9. The van der Waals surface area contributed by atoms with E-state index in [1.807, 2.05) is 84.0 Å². The molecular weight excluding hydrogens is 861 g/mol. The molecule has 0 aromatic heterocycles. The predicted molar refractivity (Wildman–Crippen MR) is 282 cm³/mol. The van der Waals surface area contributed by atoms with Crippen LogP contribution in [0.25, 0.3) is 22.3 Å². The van der Waals surface area contributed by atoms with E-state index in [9.17, 15) is 20.1 Å². The molecule has 7 rings (SSSR count). The topological polar surface area (TPSA) is 130 Å². The number of benzene rings is 6. The average Bonchev–Trinajstić information content (AvgIpc) is 3.26. The van der Waals surface area contributed by atoms with E-state index in [0.29, 0.717) is 45.5 Å². The Kier molecular flexibility index (Phi) is 13.0. The maximum atomic E-state index is 11.9. The Bertz CT molecular complexity index is 3040. The Hall–Kier alpha value is -6.87. The van der Waals surface area contributed by atoms with Crippen molar-refractivity contribution < 1.29 is 34.3 Å². The third-order valence-corrected chi connectivity index (χ3v) is 13.2. The monoisotopic (exact) mass is 929 g/mol. The first-order chi connectivity index (χ1) is 32.0. The Labute approximate surface area is 408 Å². The number of carboxylic acid groups (broad SMARTS) is 1. The van der Waals surface area contributed by atoms with Crippen LogP contribution >= 0.6 is 0 Å². The van der Waals surface area contributed by atoms with Crippen LogP contribution in [0, 0.1) is 0 Å². The lowest BCUT2D eigenvalue weighted by atomic mass is 9.70. The minimum atomic E-state index is -0.985. The van der Waals surface area contributed by atoms with Crippen molar-refractivity contribution >= 4 is 29.8 Å². The van der Waals surface area contributed by atoms with Gasteiger partial charge in [0, 0.05) is 62.4 Å². The number of phenols is 2. The number of carboxylic acids is 1. The van der Waals surface area contributed by atoms with Crippen LogP contribution in [0.5, 0.6) is 34.5 Å². The molecular formula is C60H68N2O7. The molecule has 0 unspecified atom stereocenters. The summed E-state index contributed by atoms with van der Waals surface area (Å²) < 4.78 is 18.6. The summed E-state index contributed by atoms with van der Waals surface area (Å²) >= 11 is 0. The van der Waals surface area contributed by atoms with Crippen LogP contribution in [0.2, 0.25) is 0 Å². The van der Waals surface area contributed by atoms with E-state index in [0.717, 1.165) is 55.6 Å². The van der Waals surface area contributed by atoms with Crippen LogP contribution in [0.1, 0.15) is 152 Å². The third-order valence-electron chi connectivity index (χ3n) is 13.2. The molecule has 360 valence electrons. The lowest BCUT2D eigenvalue weighted by Crippen LogP contribution is -2.27. The van der Waals surface area contributed by atoms with Crippen molar-refractivity contribution in [1.29, 1.82) is 0 Å². The van der Waals surface area contributed by atoms with Gasteiger partial charge in [-0.25, -0.2) is 4.79 Å². The second-order valence-corrected chi connectivity index (χ2v) is 22.9. The summed E-state index contributed by atoms with van der Waals surface area (Å²) in [7, 11) is 3.20. The van der Waals surface area contributed by atoms with Gasteiger partial charge >= 0.3 is 5.97 Å². The van der Waals surface area contributed by atoms with E-state index >= 15 is 0 Å². The van der Waals surface area contributed by atoms with E-state index in [4.69, 9.17) is 24.2 Å². The summed E-state index contributed by atoms with van der Waals surface area (Å²) in [5, 5.41) is 33.0. The first-order valence-electron chi connectivity index (χ1n) is 23.5. The number of hydrogen-bond acceptors (Lipinski definition) is 8.